The number of H-pyrrole nitrogens is 1. The fourth-order valence-corrected chi connectivity index (χ4v) is 2.59. The number of aromatic amines is 1. The summed E-state index contributed by atoms with van der Waals surface area (Å²) in [6.45, 7) is 2.47. The predicted octanol–water partition coefficient (Wildman–Crippen LogP) is 2.39. The highest BCUT2D eigenvalue weighted by Gasteiger charge is 2.30. The van der Waals surface area contributed by atoms with Gasteiger partial charge in [-0.05, 0) is 49.4 Å². The van der Waals surface area contributed by atoms with Gasteiger partial charge in [-0.3, -0.25) is 4.79 Å². The number of hydrogen-bond acceptors (Lipinski definition) is 4. The first-order valence-electron chi connectivity index (χ1n) is 7.60. The van der Waals surface area contributed by atoms with E-state index in [1.54, 1.807) is 6.92 Å². The van der Waals surface area contributed by atoms with Gasteiger partial charge in [0.25, 0.3) is 0 Å². The molecule has 0 bridgehead atoms. The Hall–Kier alpha value is -2.01. The standard InChI is InChI=1S/C17H22N2O3/c1-17(18,16(20)21-2)8-12-9-19-15-6-5-13(7-14(12)15)22-10-11-3-4-11/h5-7,9,11,19H,3-4,8,10,18H2,1-2H3. The van der Waals surface area contributed by atoms with Crippen molar-refractivity contribution in [1.82, 2.24) is 4.98 Å². The van der Waals surface area contributed by atoms with Crippen LogP contribution in [-0.4, -0.2) is 30.2 Å². The largest absolute Gasteiger partial charge is 0.493 e. The first-order chi connectivity index (χ1) is 10.5. The molecule has 5 heteroatoms. The van der Waals surface area contributed by atoms with Crippen LogP contribution in [0.25, 0.3) is 10.9 Å². The lowest BCUT2D eigenvalue weighted by molar-refractivity contribution is -0.146. The lowest BCUT2D eigenvalue weighted by Gasteiger charge is -2.21. The second kappa shape index (κ2) is 5.65. The van der Waals surface area contributed by atoms with Crippen molar-refractivity contribution in [3.05, 3.63) is 30.0 Å². The quantitative estimate of drug-likeness (QED) is 0.803. The average molecular weight is 302 g/mol. The Kier molecular flexibility index (Phi) is 3.83. The van der Waals surface area contributed by atoms with Crippen molar-refractivity contribution >= 4 is 16.9 Å². The fourth-order valence-electron chi connectivity index (χ4n) is 2.59. The summed E-state index contributed by atoms with van der Waals surface area (Å²) < 4.78 is 10.6. The highest BCUT2D eigenvalue weighted by atomic mass is 16.5. The van der Waals surface area contributed by atoms with Gasteiger partial charge >= 0.3 is 5.97 Å². The Morgan fingerprint density at radius 1 is 1.45 bits per heavy atom. The normalized spacial score (nSPS) is 17.2. The molecule has 3 rings (SSSR count). The minimum absolute atomic E-state index is 0.408. The van der Waals surface area contributed by atoms with E-state index < -0.39 is 11.5 Å². The Morgan fingerprint density at radius 2 is 2.23 bits per heavy atom. The number of methoxy groups -OCH3 is 1. The van der Waals surface area contributed by atoms with Crippen molar-refractivity contribution in [2.75, 3.05) is 13.7 Å². The van der Waals surface area contributed by atoms with Crippen molar-refractivity contribution in [3.8, 4) is 5.75 Å². The molecule has 0 radical (unpaired) electrons. The third kappa shape index (κ3) is 3.09. The highest BCUT2D eigenvalue weighted by Crippen LogP contribution is 2.31. The Morgan fingerprint density at radius 3 is 2.91 bits per heavy atom. The topological polar surface area (TPSA) is 77.3 Å². The van der Waals surface area contributed by atoms with Gasteiger partial charge < -0.3 is 20.2 Å². The van der Waals surface area contributed by atoms with Gasteiger partial charge in [-0.15, -0.1) is 0 Å². The number of nitrogens with one attached hydrogen (secondary N) is 1. The first-order valence-corrected chi connectivity index (χ1v) is 7.60. The number of carbonyl (C=O) groups excluding carboxylic acids is 1. The third-order valence-electron chi connectivity index (χ3n) is 4.13. The van der Waals surface area contributed by atoms with E-state index in [4.69, 9.17) is 15.2 Å². The summed E-state index contributed by atoms with van der Waals surface area (Å²) in [5.41, 5.74) is 7.03. The van der Waals surface area contributed by atoms with E-state index in [1.807, 2.05) is 24.4 Å². The second-order valence-electron chi connectivity index (χ2n) is 6.36. The van der Waals surface area contributed by atoms with Gasteiger partial charge in [-0.25, -0.2) is 0 Å². The van der Waals surface area contributed by atoms with Gasteiger partial charge in [0, 0.05) is 23.5 Å². The first kappa shape index (κ1) is 14.9. The van der Waals surface area contributed by atoms with Crippen LogP contribution in [0.5, 0.6) is 5.75 Å². The minimum atomic E-state index is -1.05. The van der Waals surface area contributed by atoms with E-state index in [2.05, 4.69) is 4.98 Å². The molecule has 1 fully saturated rings. The highest BCUT2D eigenvalue weighted by molar-refractivity contribution is 5.87. The molecule has 118 valence electrons. The van der Waals surface area contributed by atoms with E-state index >= 15 is 0 Å². The summed E-state index contributed by atoms with van der Waals surface area (Å²) in [7, 11) is 1.35. The maximum absolute atomic E-state index is 11.8. The molecule has 1 aliphatic rings. The van der Waals surface area contributed by atoms with Crippen LogP contribution in [0.2, 0.25) is 0 Å². The van der Waals surface area contributed by atoms with E-state index in [1.165, 1.54) is 20.0 Å². The maximum Gasteiger partial charge on any atom is 0.325 e. The van der Waals surface area contributed by atoms with Crippen LogP contribution >= 0.6 is 0 Å². The van der Waals surface area contributed by atoms with Gasteiger partial charge in [-0.1, -0.05) is 0 Å². The molecule has 0 saturated heterocycles. The smallest absolute Gasteiger partial charge is 0.325 e. The minimum Gasteiger partial charge on any atom is -0.493 e. The predicted molar refractivity (Wildman–Crippen MR) is 84.8 cm³/mol. The fraction of sp³-hybridized carbons (Fsp3) is 0.471. The summed E-state index contributed by atoms with van der Waals surface area (Å²) in [5.74, 6) is 1.16. The molecule has 3 N–H and O–H groups in total. The zero-order valence-electron chi connectivity index (χ0n) is 13.0. The molecule has 1 saturated carbocycles. The number of aromatic nitrogens is 1. The van der Waals surface area contributed by atoms with E-state index in [-0.39, 0.29) is 0 Å². The number of fused-ring (bicyclic) bond motifs is 1. The van der Waals surface area contributed by atoms with E-state index in [0.717, 1.165) is 28.8 Å². The summed E-state index contributed by atoms with van der Waals surface area (Å²) in [4.78, 5) is 15.0. The van der Waals surface area contributed by atoms with Crippen molar-refractivity contribution in [2.24, 2.45) is 11.7 Å². The van der Waals surface area contributed by atoms with Crippen LogP contribution < -0.4 is 10.5 Å². The van der Waals surface area contributed by atoms with Crippen LogP contribution in [-0.2, 0) is 16.0 Å². The summed E-state index contributed by atoms with van der Waals surface area (Å²) >= 11 is 0. The lowest BCUT2D eigenvalue weighted by atomic mass is 9.94. The van der Waals surface area contributed by atoms with Gasteiger partial charge in [0.2, 0.25) is 0 Å². The number of ether oxygens (including phenoxy) is 2. The van der Waals surface area contributed by atoms with Crippen LogP contribution in [0.1, 0.15) is 25.3 Å². The molecule has 22 heavy (non-hydrogen) atoms. The molecular weight excluding hydrogens is 280 g/mol. The average Bonchev–Trinajstić information content (AvgIpc) is 3.26. The van der Waals surface area contributed by atoms with Crippen LogP contribution in [0.3, 0.4) is 0 Å². The molecule has 0 aliphatic heterocycles. The molecule has 1 atom stereocenters. The number of benzene rings is 1. The Labute approximate surface area is 129 Å². The monoisotopic (exact) mass is 302 g/mol. The number of esters is 1. The molecule has 1 aromatic carbocycles. The third-order valence-corrected chi connectivity index (χ3v) is 4.13. The van der Waals surface area contributed by atoms with Crippen LogP contribution in [0.4, 0.5) is 0 Å². The summed E-state index contributed by atoms with van der Waals surface area (Å²) in [6.07, 6.45) is 4.83. The van der Waals surface area contributed by atoms with Gasteiger partial charge in [0.1, 0.15) is 11.3 Å². The number of rotatable bonds is 6. The number of nitrogens with two attached hydrogens (primary N) is 1. The van der Waals surface area contributed by atoms with Crippen LogP contribution in [0.15, 0.2) is 24.4 Å². The SMILES string of the molecule is COC(=O)C(C)(N)Cc1c[nH]c2ccc(OCC3CC3)cc12. The van der Waals surface area contributed by atoms with Crippen molar-refractivity contribution < 1.29 is 14.3 Å². The van der Waals surface area contributed by atoms with Gasteiger partial charge in [0.05, 0.1) is 13.7 Å². The molecular formula is C17H22N2O3. The van der Waals surface area contributed by atoms with E-state index in [9.17, 15) is 4.79 Å². The van der Waals surface area contributed by atoms with Crippen molar-refractivity contribution in [3.63, 3.8) is 0 Å². The zero-order chi connectivity index (χ0) is 15.7. The molecule has 2 aromatic rings. The number of carbonyl (C=O) groups is 1. The Bertz CT molecular complexity index is 686. The molecule has 1 unspecified atom stereocenters. The van der Waals surface area contributed by atoms with Gasteiger partial charge in [-0.2, -0.15) is 0 Å². The molecule has 0 spiro atoms. The van der Waals surface area contributed by atoms with Crippen molar-refractivity contribution in [1.29, 1.82) is 0 Å². The van der Waals surface area contributed by atoms with Crippen LogP contribution in [0, 0.1) is 5.92 Å². The zero-order valence-corrected chi connectivity index (χ0v) is 13.0. The van der Waals surface area contributed by atoms with E-state index in [0.29, 0.717) is 12.3 Å². The lowest BCUT2D eigenvalue weighted by Crippen LogP contribution is -2.47. The maximum atomic E-state index is 11.8. The summed E-state index contributed by atoms with van der Waals surface area (Å²) in [5, 5.41) is 1.04. The molecule has 1 heterocycles. The van der Waals surface area contributed by atoms with Gasteiger partial charge in [0.15, 0.2) is 0 Å². The second-order valence-corrected chi connectivity index (χ2v) is 6.36. The Balaban J connectivity index is 1.82. The van der Waals surface area contributed by atoms with Crippen molar-refractivity contribution in [2.45, 2.75) is 31.7 Å². The molecule has 1 aromatic heterocycles. The number of hydrogen-bond donors (Lipinski definition) is 2. The molecule has 1 aliphatic carbocycles. The summed E-state index contributed by atoms with van der Waals surface area (Å²) in [6, 6.07) is 5.97. The molecule has 5 nitrogen and oxygen atoms in total. The molecule has 0 amide bonds.